The van der Waals surface area contributed by atoms with Gasteiger partial charge in [0.25, 0.3) is 0 Å². The summed E-state index contributed by atoms with van der Waals surface area (Å²) in [5.41, 5.74) is 5.06. The lowest BCUT2D eigenvalue weighted by Gasteiger charge is -2.37. The Kier molecular flexibility index (Phi) is 7.62. The first-order valence-electron chi connectivity index (χ1n) is 12.2. The molecule has 0 atom stereocenters. The molecule has 0 bridgehead atoms. The van der Waals surface area contributed by atoms with Crippen LogP contribution in [0.1, 0.15) is 76.2 Å². The van der Waals surface area contributed by atoms with Crippen LogP contribution in [0.4, 0.5) is 0 Å². The van der Waals surface area contributed by atoms with Gasteiger partial charge in [-0.25, -0.2) is 0 Å². The predicted molar refractivity (Wildman–Crippen MR) is 124 cm³/mol. The summed E-state index contributed by atoms with van der Waals surface area (Å²) < 4.78 is 12.3. The highest BCUT2D eigenvalue weighted by atomic mass is 16.7. The number of hydrogen-bond donors (Lipinski definition) is 0. The van der Waals surface area contributed by atoms with Gasteiger partial charge in [-0.15, -0.1) is 0 Å². The smallest absolute Gasteiger partial charge is 0.183 e. The van der Waals surface area contributed by atoms with E-state index in [2.05, 4.69) is 62.4 Å². The van der Waals surface area contributed by atoms with Crippen LogP contribution < -0.4 is 0 Å². The van der Waals surface area contributed by atoms with Gasteiger partial charge in [0.2, 0.25) is 0 Å². The second-order valence-corrected chi connectivity index (χ2v) is 9.40. The van der Waals surface area contributed by atoms with Crippen molar-refractivity contribution in [2.75, 3.05) is 13.2 Å². The van der Waals surface area contributed by atoms with Gasteiger partial charge in [-0.1, -0.05) is 94.5 Å². The van der Waals surface area contributed by atoms with Crippen LogP contribution in [-0.2, 0) is 15.9 Å². The molecular formula is C28H38O2. The zero-order chi connectivity index (χ0) is 20.8. The molecule has 1 heterocycles. The molecule has 2 nitrogen and oxygen atoms in total. The van der Waals surface area contributed by atoms with Crippen molar-refractivity contribution in [3.05, 3.63) is 59.7 Å². The average Bonchev–Trinajstić information content (AvgIpc) is 2.81. The van der Waals surface area contributed by atoms with Gasteiger partial charge in [-0.2, -0.15) is 0 Å². The highest BCUT2D eigenvalue weighted by Crippen LogP contribution is 2.38. The molecule has 0 unspecified atom stereocenters. The first-order valence-corrected chi connectivity index (χ1v) is 12.2. The van der Waals surface area contributed by atoms with Gasteiger partial charge in [-0.3, -0.25) is 0 Å². The number of rotatable bonds is 7. The SMILES string of the molecule is CCCc1ccc(-c2ccc(C3OCC(C4CCC(CCC)CC4)CO3)cc2)cc1. The van der Waals surface area contributed by atoms with Crippen molar-refractivity contribution in [3.63, 3.8) is 0 Å². The Morgan fingerprint density at radius 3 is 1.87 bits per heavy atom. The minimum absolute atomic E-state index is 0.210. The lowest BCUT2D eigenvalue weighted by Crippen LogP contribution is -2.34. The van der Waals surface area contributed by atoms with Gasteiger partial charge < -0.3 is 9.47 Å². The van der Waals surface area contributed by atoms with E-state index >= 15 is 0 Å². The van der Waals surface area contributed by atoms with Crippen LogP contribution in [-0.4, -0.2) is 13.2 Å². The van der Waals surface area contributed by atoms with E-state index in [0.717, 1.165) is 37.0 Å². The molecule has 2 heteroatoms. The van der Waals surface area contributed by atoms with Crippen molar-refractivity contribution in [2.24, 2.45) is 17.8 Å². The van der Waals surface area contributed by atoms with Crippen molar-refractivity contribution in [2.45, 2.75) is 71.5 Å². The summed E-state index contributed by atoms with van der Waals surface area (Å²) in [5.74, 6) is 2.33. The summed E-state index contributed by atoms with van der Waals surface area (Å²) in [6.45, 7) is 6.22. The number of aryl methyl sites for hydroxylation is 1. The average molecular weight is 407 g/mol. The van der Waals surface area contributed by atoms with E-state index in [1.807, 2.05) is 0 Å². The Morgan fingerprint density at radius 2 is 1.30 bits per heavy atom. The van der Waals surface area contributed by atoms with Crippen LogP contribution >= 0.6 is 0 Å². The normalized spacial score (nSPS) is 27.1. The number of ether oxygens (including phenoxy) is 2. The minimum Gasteiger partial charge on any atom is -0.348 e. The third kappa shape index (κ3) is 5.34. The molecule has 1 saturated carbocycles. The first-order chi connectivity index (χ1) is 14.8. The fourth-order valence-corrected chi connectivity index (χ4v) is 5.32. The van der Waals surface area contributed by atoms with Crippen LogP contribution in [0.2, 0.25) is 0 Å². The molecule has 1 saturated heterocycles. The van der Waals surface area contributed by atoms with Crippen molar-refractivity contribution in [1.82, 2.24) is 0 Å². The van der Waals surface area contributed by atoms with Crippen molar-refractivity contribution < 1.29 is 9.47 Å². The van der Waals surface area contributed by atoms with Crippen molar-refractivity contribution in [3.8, 4) is 11.1 Å². The highest BCUT2D eigenvalue weighted by Gasteiger charge is 2.32. The minimum atomic E-state index is -0.210. The largest absolute Gasteiger partial charge is 0.348 e. The van der Waals surface area contributed by atoms with Crippen LogP contribution in [0.25, 0.3) is 11.1 Å². The Bertz CT molecular complexity index is 748. The Morgan fingerprint density at radius 1 is 0.700 bits per heavy atom. The quantitative estimate of drug-likeness (QED) is 0.472. The van der Waals surface area contributed by atoms with E-state index in [4.69, 9.17) is 9.47 Å². The highest BCUT2D eigenvalue weighted by molar-refractivity contribution is 5.64. The van der Waals surface area contributed by atoms with Crippen LogP contribution in [0.15, 0.2) is 48.5 Å². The summed E-state index contributed by atoms with van der Waals surface area (Å²) >= 11 is 0. The fraction of sp³-hybridized carbons (Fsp3) is 0.571. The van der Waals surface area contributed by atoms with Crippen LogP contribution in [0.3, 0.4) is 0 Å². The van der Waals surface area contributed by atoms with E-state index in [0.29, 0.717) is 5.92 Å². The van der Waals surface area contributed by atoms with Gasteiger partial charge in [0.15, 0.2) is 6.29 Å². The molecule has 1 aliphatic heterocycles. The molecule has 0 N–H and O–H groups in total. The molecule has 0 aromatic heterocycles. The standard InChI is InChI=1S/C28H38O2/c1-3-5-21-7-11-23(12-8-21)24-15-17-26(18-16-24)28-29-19-27(20-30-28)25-13-9-22(6-4-2)10-14-25/h7-8,11-12,15-18,22,25,27-28H,3-6,9-10,13-14,19-20H2,1-2H3. The third-order valence-corrected chi connectivity index (χ3v) is 7.19. The zero-order valence-electron chi connectivity index (χ0n) is 18.8. The fourth-order valence-electron chi connectivity index (χ4n) is 5.32. The topological polar surface area (TPSA) is 18.5 Å². The molecule has 30 heavy (non-hydrogen) atoms. The molecule has 2 fully saturated rings. The van der Waals surface area contributed by atoms with Gasteiger partial charge in [0, 0.05) is 11.5 Å². The Labute approximate surface area is 183 Å². The monoisotopic (exact) mass is 406 g/mol. The van der Waals surface area contributed by atoms with E-state index in [9.17, 15) is 0 Å². The van der Waals surface area contributed by atoms with Gasteiger partial charge in [-0.05, 0) is 47.8 Å². The van der Waals surface area contributed by atoms with E-state index in [-0.39, 0.29) is 6.29 Å². The zero-order valence-corrected chi connectivity index (χ0v) is 18.8. The maximum absolute atomic E-state index is 6.17. The Hall–Kier alpha value is -1.64. The van der Waals surface area contributed by atoms with Gasteiger partial charge >= 0.3 is 0 Å². The second kappa shape index (κ2) is 10.6. The van der Waals surface area contributed by atoms with E-state index in [1.54, 1.807) is 0 Å². The van der Waals surface area contributed by atoms with Crippen molar-refractivity contribution in [1.29, 1.82) is 0 Å². The van der Waals surface area contributed by atoms with Crippen molar-refractivity contribution >= 4 is 0 Å². The summed E-state index contributed by atoms with van der Waals surface area (Å²) in [5, 5.41) is 0. The van der Waals surface area contributed by atoms with E-state index in [1.165, 1.54) is 61.6 Å². The molecule has 2 aliphatic rings. The molecule has 0 amide bonds. The molecular weight excluding hydrogens is 368 g/mol. The Balaban J connectivity index is 1.29. The predicted octanol–water partition coefficient (Wildman–Crippen LogP) is 7.57. The molecule has 0 radical (unpaired) electrons. The molecule has 162 valence electrons. The maximum Gasteiger partial charge on any atom is 0.183 e. The molecule has 0 spiro atoms. The third-order valence-electron chi connectivity index (χ3n) is 7.19. The van der Waals surface area contributed by atoms with Gasteiger partial charge in [0.05, 0.1) is 13.2 Å². The summed E-state index contributed by atoms with van der Waals surface area (Å²) in [4.78, 5) is 0. The van der Waals surface area contributed by atoms with Crippen LogP contribution in [0.5, 0.6) is 0 Å². The molecule has 4 rings (SSSR count). The van der Waals surface area contributed by atoms with Gasteiger partial charge in [0.1, 0.15) is 0 Å². The lowest BCUT2D eigenvalue weighted by molar-refractivity contribution is -0.214. The summed E-state index contributed by atoms with van der Waals surface area (Å²) in [6, 6.07) is 17.7. The molecule has 2 aromatic carbocycles. The number of hydrogen-bond acceptors (Lipinski definition) is 2. The molecule has 1 aliphatic carbocycles. The second-order valence-electron chi connectivity index (χ2n) is 9.40. The maximum atomic E-state index is 6.17. The first kappa shape index (κ1) is 21.6. The van der Waals surface area contributed by atoms with Crippen LogP contribution in [0, 0.1) is 17.8 Å². The summed E-state index contributed by atoms with van der Waals surface area (Å²) in [7, 11) is 0. The number of benzene rings is 2. The molecule has 2 aromatic rings. The lowest BCUT2D eigenvalue weighted by atomic mass is 9.75. The summed E-state index contributed by atoms with van der Waals surface area (Å²) in [6.07, 6.45) is 10.4. The van der Waals surface area contributed by atoms with E-state index < -0.39 is 0 Å².